The van der Waals surface area contributed by atoms with Crippen LogP contribution in [0.15, 0.2) is 54.6 Å². The summed E-state index contributed by atoms with van der Waals surface area (Å²) in [5, 5.41) is 16.9. The van der Waals surface area contributed by atoms with Gasteiger partial charge in [-0.25, -0.2) is 14.2 Å². The van der Waals surface area contributed by atoms with Crippen LogP contribution >= 0.6 is 11.3 Å². The maximum atomic E-state index is 15.4. The molecule has 12 heteroatoms. The Kier molecular flexibility index (Phi) is 7.06. The van der Waals surface area contributed by atoms with E-state index in [1.54, 1.807) is 24.3 Å². The Hall–Kier alpha value is -4.32. The Morgan fingerprint density at radius 2 is 1.78 bits per heavy atom. The minimum Gasteiger partial charge on any atom is -0.506 e. The highest BCUT2D eigenvalue weighted by Crippen LogP contribution is 2.54. The molecule has 1 aliphatic heterocycles. The van der Waals surface area contributed by atoms with Gasteiger partial charge in [0.25, 0.3) is 0 Å². The van der Waals surface area contributed by atoms with Gasteiger partial charge in [-0.2, -0.15) is 0 Å². The van der Waals surface area contributed by atoms with Gasteiger partial charge < -0.3 is 25.4 Å². The first-order valence-electron chi connectivity index (χ1n) is 12.5. The first-order chi connectivity index (χ1) is 19.2. The number of rotatable bonds is 5. The van der Waals surface area contributed by atoms with E-state index in [1.165, 1.54) is 23.5 Å². The van der Waals surface area contributed by atoms with Gasteiger partial charge in [-0.3, -0.25) is 0 Å². The molecule has 0 atom stereocenters. The third kappa shape index (κ3) is 5.64. The minimum absolute atomic E-state index is 0.239. The summed E-state index contributed by atoms with van der Waals surface area (Å²) in [7, 11) is 0. The number of fused-ring (bicyclic) bond motifs is 1. The number of carbonyl (C=O) groups excluding carboxylic acids is 1. The van der Waals surface area contributed by atoms with E-state index in [-0.39, 0.29) is 11.4 Å². The van der Waals surface area contributed by atoms with Crippen LogP contribution in [0.2, 0.25) is 0 Å². The highest BCUT2D eigenvalue weighted by atomic mass is 32.1. The minimum atomic E-state index is -4.82. The average molecular weight is 587 g/mol. The summed E-state index contributed by atoms with van der Waals surface area (Å²) >= 11 is 1.39. The molecule has 0 saturated heterocycles. The topological polar surface area (TPSA) is 86.7 Å². The molecule has 0 radical (unpaired) electrons. The van der Waals surface area contributed by atoms with Crippen molar-refractivity contribution >= 4 is 40.1 Å². The number of aryl methyl sites for hydroxylation is 2. The zero-order valence-electron chi connectivity index (χ0n) is 22.5. The molecule has 5 rings (SSSR count). The number of halogens is 4. The smallest absolute Gasteiger partial charge is 0.506 e. The molecule has 0 bridgehead atoms. The zero-order chi connectivity index (χ0) is 29.7. The number of ether oxygens (including phenoxy) is 1. The van der Waals surface area contributed by atoms with E-state index in [2.05, 4.69) is 20.4 Å². The Bertz CT molecular complexity index is 1620. The van der Waals surface area contributed by atoms with Crippen molar-refractivity contribution in [1.82, 2.24) is 4.98 Å². The van der Waals surface area contributed by atoms with Gasteiger partial charge in [-0.15, -0.1) is 24.5 Å². The number of nitrogens with zero attached hydrogens (tertiary/aromatic N) is 2. The number of benzene rings is 3. The van der Waals surface area contributed by atoms with E-state index < -0.39 is 29.4 Å². The molecule has 0 spiro atoms. The largest absolute Gasteiger partial charge is 0.573 e. The number of phenolic OH excluding ortho intramolecular Hbond substituents is 1. The van der Waals surface area contributed by atoms with Gasteiger partial charge >= 0.3 is 12.4 Å². The first-order valence-corrected chi connectivity index (χ1v) is 13.4. The van der Waals surface area contributed by atoms with Crippen molar-refractivity contribution < 1.29 is 32.2 Å². The van der Waals surface area contributed by atoms with Crippen LogP contribution in [0.5, 0.6) is 11.5 Å². The quantitative estimate of drug-likeness (QED) is 0.205. The number of anilines is 4. The third-order valence-electron chi connectivity index (χ3n) is 6.76. The molecule has 214 valence electrons. The lowest BCUT2D eigenvalue weighted by Crippen LogP contribution is -2.27. The molecule has 1 aromatic heterocycles. The van der Waals surface area contributed by atoms with E-state index in [9.17, 15) is 23.1 Å². The highest BCUT2D eigenvalue weighted by molar-refractivity contribution is 7.15. The SMILES string of the molecule is Cc1nc(-c2c(F)cc(O)c3c2C(C)(C)CN3c2ccccc2NC(=O)Nc2ccc(OC(F)(F)F)cc2)sc1C. The maximum Gasteiger partial charge on any atom is 0.573 e. The van der Waals surface area contributed by atoms with Crippen LogP contribution in [0, 0.1) is 19.7 Å². The molecular formula is C29H26F4N4O3S. The number of nitrogens with one attached hydrogen (secondary N) is 2. The van der Waals surface area contributed by atoms with E-state index >= 15 is 4.39 Å². The molecule has 3 aromatic carbocycles. The molecule has 3 N–H and O–H groups in total. The number of aromatic hydroxyl groups is 1. The Balaban J connectivity index is 1.46. The molecule has 4 aromatic rings. The predicted molar refractivity (Wildman–Crippen MR) is 151 cm³/mol. The molecule has 0 aliphatic carbocycles. The lowest BCUT2D eigenvalue weighted by Gasteiger charge is -2.25. The van der Waals surface area contributed by atoms with Crippen LogP contribution in [0.3, 0.4) is 0 Å². The maximum absolute atomic E-state index is 15.4. The normalized spacial score (nSPS) is 14.1. The van der Waals surface area contributed by atoms with Crippen LogP contribution in [-0.2, 0) is 5.41 Å². The Labute approximate surface area is 237 Å². The van der Waals surface area contributed by atoms with Crippen molar-refractivity contribution in [2.45, 2.75) is 39.5 Å². The third-order valence-corrected chi connectivity index (χ3v) is 7.85. The molecule has 7 nitrogen and oxygen atoms in total. The number of thiazole rings is 1. The summed E-state index contributed by atoms with van der Waals surface area (Å²) in [6, 6.07) is 12.1. The Morgan fingerprint density at radius 3 is 2.41 bits per heavy atom. The monoisotopic (exact) mass is 586 g/mol. The number of phenols is 1. The highest BCUT2D eigenvalue weighted by Gasteiger charge is 2.42. The molecule has 0 fully saturated rings. The van der Waals surface area contributed by atoms with Crippen LogP contribution < -0.4 is 20.3 Å². The number of alkyl halides is 3. The summed E-state index contributed by atoms with van der Waals surface area (Å²) < 4.78 is 56.6. The van der Waals surface area contributed by atoms with E-state index in [1.807, 2.05) is 32.6 Å². The fraction of sp³-hybridized carbons (Fsp3) is 0.241. The van der Waals surface area contributed by atoms with Crippen molar-refractivity contribution in [2.24, 2.45) is 0 Å². The molecule has 2 heterocycles. The first kappa shape index (κ1) is 28.2. The number of hydrogen-bond acceptors (Lipinski definition) is 6. The van der Waals surface area contributed by atoms with Gasteiger partial charge in [-0.05, 0) is 50.2 Å². The average Bonchev–Trinajstić information content (AvgIpc) is 3.35. The standard InChI is InChI=1S/C29H26F4N4O3S/c1-15-16(2)41-26(34-15)23-19(30)13-22(38)25-24(23)28(3,4)14-37(25)21-8-6-5-7-20(21)36-27(39)35-17-9-11-18(12-10-17)40-29(31,32)33/h5-13,38H,14H2,1-4H3,(H2,35,36,39). The number of carbonyl (C=O) groups is 1. The van der Waals surface area contributed by atoms with Crippen LogP contribution in [0.25, 0.3) is 10.6 Å². The lowest BCUT2D eigenvalue weighted by molar-refractivity contribution is -0.274. The second-order valence-electron chi connectivity index (χ2n) is 10.3. The summed E-state index contributed by atoms with van der Waals surface area (Å²) in [5.41, 5.74) is 2.78. The number of para-hydroxylation sites is 2. The fourth-order valence-corrected chi connectivity index (χ4v) is 5.91. The number of hydrogen-bond donors (Lipinski definition) is 3. The number of amides is 2. The predicted octanol–water partition coefficient (Wildman–Crippen LogP) is 8.24. The fourth-order valence-electron chi connectivity index (χ4n) is 4.95. The molecule has 41 heavy (non-hydrogen) atoms. The van der Waals surface area contributed by atoms with Crippen molar-refractivity contribution in [3.05, 3.63) is 76.5 Å². The van der Waals surface area contributed by atoms with E-state index in [4.69, 9.17) is 0 Å². The molecule has 0 unspecified atom stereocenters. The summed E-state index contributed by atoms with van der Waals surface area (Å²) in [6.07, 6.45) is -4.82. The van der Waals surface area contributed by atoms with Crippen LogP contribution in [-0.4, -0.2) is 29.0 Å². The van der Waals surface area contributed by atoms with Crippen molar-refractivity contribution in [1.29, 1.82) is 0 Å². The van der Waals surface area contributed by atoms with Crippen molar-refractivity contribution in [3.8, 4) is 22.1 Å². The number of urea groups is 1. The van der Waals surface area contributed by atoms with Crippen molar-refractivity contribution in [2.75, 3.05) is 22.1 Å². The summed E-state index contributed by atoms with van der Waals surface area (Å²) in [4.78, 5) is 20.2. The van der Waals surface area contributed by atoms with Gasteiger partial charge in [-0.1, -0.05) is 26.0 Å². The van der Waals surface area contributed by atoms with Gasteiger partial charge in [0.2, 0.25) is 0 Å². The summed E-state index contributed by atoms with van der Waals surface area (Å²) in [6.45, 7) is 8.07. The van der Waals surface area contributed by atoms with E-state index in [0.717, 1.165) is 28.8 Å². The molecule has 1 aliphatic rings. The molecular weight excluding hydrogens is 560 g/mol. The lowest BCUT2D eigenvalue weighted by atomic mass is 9.83. The summed E-state index contributed by atoms with van der Waals surface area (Å²) in [5.74, 6) is -1.22. The van der Waals surface area contributed by atoms with Gasteiger partial charge in [0.05, 0.1) is 28.3 Å². The van der Waals surface area contributed by atoms with Crippen molar-refractivity contribution in [3.63, 3.8) is 0 Å². The van der Waals surface area contributed by atoms with E-state index in [0.29, 0.717) is 39.7 Å². The van der Waals surface area contributed by atoms with Gasteiger partial charge in [0, 0.05) is 34.2 Å². The second-order valence-corrected chi connectivity index (χ2v) is 11.5. The molecule has 2 amide bonds. The Morgan fingerprint density at radius 1 is 1.10 bits per heavy atom. The molecule has 0 saturated carbocycles. The van der Waals surface area contributed by atoms with Crippen LogP contribution in [0.4, 0.5) is 45.1 Å². The second kappa shape index (κ2) is 10.3. The number of aromatic nitrogens is 1. The van der Waals surface area contributed by atoms with Crippen LogP contribution in [0.1, 0.15) is 30.0 Å². The zero-order valence-corrected chi connectivity index (χ0v) is 23.3. The van der Waals surface area contributed by atoms with Gasteiger partial charge in [0.15, 0.2) is 0 Å². The van der Waals surface area contributed by atoms with Gasteiger partial charge in [0.1, 0.15) is 22.3 Å².